The van der Waals surface area contributed by atoms with Gasteiger partial charge in [0.2, 0.25) is 0 Å². The van der Waals surface area contributed by atoms with Crippen molar-refractivity contribution < 1.29 is 0 Å². The average molecular weight is 401 g/mol. The first-order valence-corrected chi connectivity index (χ1v) is 9.70. The lowest BCUT2D eigenvalue weighted by Gasteiger charge is -2.23. The molecule has 144 valence electrons. The van der Waals surface area contributed by atoms with Crippen LogP contribution in [0.4, 0.5) is 17.1 Å². The molecular formula is C24H21ClN4. The molecule has 3 aromatic carbocycles. The summed E-state index contributed by atoms with van der Waals surface area (Å²) in [4.78, 5) is 6.25. The summed E-state index contributed by atoms with van der Waals surface area (Å²) in [6.45, 7) is 4.40. The lowest BCUT2D eigenvalue weighted by molar-refractivity contribution is 0.694. The van der Waals surface area contributed by atoms with Gasteiger partial charge in [-0.25, -0.2) is 0 Å². The minimum Gasteiger partial charge on any atom is -0.343 e. The SMILES string of the molecule is C=Nc1c(Cl)cc(-c2ccnn2Cc2ccccc2)cc1N(C)c1ccccc1. The maximum Gasteiger partial charge on any atom is 0.105 e. The van der Waals surface area contributed by atoms with E-state index in [4.69, 9.17) is 11.6 Å². The van der Waals surface area contributed by atoms with Crippen molar-refractivity contribution in [3.63, 3.8) is 0 Å². The predicted octanol–water partition coefficient (Wildman–Crippen LogP) is 6.35. The number of aromatic nitrogens is 2. The van der Waals surface area contributed by atoms with Crippen LogP contribution in [-0.2, 0) is 6.54 Å². The Morgan fingerprint density at radius 1 is 1.00 bits per heavy atom. The zero-order valence-electron chi connectivity index (χ0n) is 16.2. The van der Waals surface area contributed by atoms with E-state index in [2.05, 4.69) is 39.9 Å². The molecule has 29 heavy (non-hydrogen) atoms. The third-order valence-corrected chi connectivity index (χ3v) is 5.18. The Kier molecular flexibility index (Phi) is 5.45. The van der Waals surface area contributed by atoms with Crippen LogP contribution in [0.3, 0.4) is 0 Å². The second kappa shape index (κ2) is 8.33. The molecule has 1 aromatic heterocycles. The minimum absolute atomic E-state index is 0.558. The molecular weight excluding hydrogens is 380 g/mol. The van der Waals surface area contributed by atoms with Gasteiger partial charge in [0, 0.05) is 24.5 Å². The molecule has 1 heterocycles. The summed E-state index contributed by atoms with van der Waals surface area (Å²) in [5.74, 6) is 0. The number of halogens is 1. The second-order valence-electron chi connectivity index (χ2n) is 6.74. The molecule has 0 unspecified atom stereocenters. The van der Waals surface area contributed by atoms with Crippen LogP contribution in [-0.4, -0.2) is 23.5 Å². The molecule has 0 fully saturated rings. The van der Waals surface area contributed by atoms with E-state index in [1.807, 2.05) is 78.6 Å². The van der Waals surface area contributed by atoms with E-state index in [1.54, 1.807) is 0 Å². The minimum atomic E-state index is 0.558. The van der Waals surface area contributed by atoms with Gasteiger partial charge >= 0.3 is 0 Å². The van der Waals surface area contributed by atoms with Crippen LogP contribution in [0.25, 0.3) is 11.3 Å². The Morgan fingerprint density at radius 2 is 1.69 bits per heavy atom. The first kappa shape index (κ1) is 19.0. The van der Waals surface area contributed by atoms with Gasteiger partial charge in [-0.3, -0.25) is 9.67 Å². The van der Waals surface area contributed by atoms with Crippen LogP contribution in [0.15, 0.2) is 90.1 Å². The van der Waals surface area contributed by atoms with Crippen molar-refractivity contribution >= 4 is 35.4 Å². The number of hydrogen-bond donors (Lipinski definition) is 0. The first-order chi connectivity index (χ1) is 14.2. The van der Waals surface area contributed by atoms with Crippen molar-refractivity contribution in [1.29, 1.82) is 0 Å². The highest BCUT2D eigenvalue weighted by molar-refractivity contribution is 6.34. The highest BCUT2D eigenvalue weighted by Gasteiger charge is 2.16. The summed E-state index contributed by atoms with van der Waals surface area (Å²) in [5, 5.41) is 5.08. The fourth-order valence-electron chi connectivity index (χ4n) is 3.40. The summed E-state index contributed by atoms with van der Waals surface area (Å²) in [6.07, 6.45) is 1.81. The third-order valence-electron chi connectivity index (χ3n) is 4.89. The molecule has 0 radical (unpaired) electrons. The smallest absolute Gasteiger partial charge is 0.105 e. The highest BCUT2D eigenvalue weighted by Crippen LogP contribution is 2.41. The average Bonchev–Trinajstić information content (AvgIpc) is 3.22. The van der Waals surface area contributed by atoms with Crippen LogP contribution >= 0.6 is 11.6 Å². The Labute approximate surface area is 175 Å². The number of para-hydroxylation sites is 1. The van der Waals surface area contributed by atoms with Gasteiger partial charge in [-0.05, 0) is 42.6 Å². The lowest BCUT2D eigenvalue weighted by atomic mass is 10.1. The van der Waals surface area contributed by atoms with Gasteiger partial charge in [-0.2, -0.15) is 5.10 Å². The topological polar surface area (TPSA) is 33.4 Å². The maximum atomic E-state index is 6.61. The van der Waals surface area contributed by atoms with Crippen LogP contribution in [0, 0.1) is 0 Å². The van der Waals surface area contributed by atoms with Crippen LogP contribution in [0.1, 0.15) is 5.56 Å². The molecule has 0 bridgehead atoms. The van der Waals surface area contributed by atoms with Gasteiger partial charge in [0.1, 0.15) is 5.69 Å². The first-order valence-electron chi connectivity index (χ1n) is 9.32. The molecule has 0 aliphatic carbocycles. The van der Waals surface area contributed by atoms with E-state index >= 15 is 0 Å². The summed E-state index contributed by atoms with van der Waals surface area (Å²) < 4.78 is 1.98. The Balaban J connectivity index is 1.78. The van der Waals surface area contributed by atoms with E-state index in [9.17, 15) is 0 Å². The third kappa shape index (κ3) is 3.93. The van der Waals surface area contributed by atoms with Crippen molar-refractivity contribution in [2.45, 2.75) is 6.54 Å². The van der Waals surface area contributed by atoms with Crippen LogP contribution in [0.5, 0.6) is 0 Å². The standard InChI is InChI=1S/C24H21ClN4/c1-26-24-21(25)15-19(16-23(24)28(2)20-11-7-4-8-12-20)22-13-14-27-29(22)17-18-9-5-3-6-10-18/h3-16H,1,17H2,2H3. The van der Waals surface area contributed by atoms with Gasteiger partial charge in [-0.15, -0.1) is 0 Å². The van der Waals surface area contributed by atoms with Crippen molar-refractivity contribution in [3.05, 3.63) is 95.6 Å². The molecule has 0 N–H and O–H groups in total. The van der Waals surface area contributed by atoms with Gasteiger partial charge in [0.05, 0.1) is 22.9 Å². The van der Waals surface area contributed by atoms with E-state index in [1.165, 1.54) is 5.56 Å². The highest BCUT2D eigenvalue weighted by atomic mass is 35.5. The van der Waals surface area contributed by atoms with Crippen molar-refractivity contribution in [2.75, 3.05) is 11.9 Å². The second-order valence-corrected chi connectivity index (χ2v) is 7.15. The molecule has 0 amide bonds. The molecule has 0 saturated carbocycles. The molecule has 4 nitrogen and oxygen atoms in total. The fraction of sp³-hybridized carbons (Fsp3) is 0.0833. The zero-order chi connectivity index (χ0) is 20.2. The molecule has 4 aromatic rings. The fourth-order valence-corrected chi connectivity index (χ4v) is 3.67. The molecule has 0 saturated heterocycles. The van der Waals surface area contributed by atoms with Gasteiger partial charge < -0.3 is 4.90 Å². The number of anilines is 2. The number of nitrogens with zero attached hydrogens (tertiary/aromatic N) is 4. The predicted molar refractivity (Wildman–Crippen MR) is 122 cm³/mol. The summed E-state index contributed by atoms with van der Waals surface area (Å²) in [7, 11) is 2.00. The van der Waals surface area contributed by atoms with Gasteiger partial charge in [-0.1, -0.05) is 60.1 Å². The number of benzene rings is 3. The summed E-state index contributed by atoms with van der Waals surface area (Å²) in [6, 6.07) is 26.4. The number of aliphatic imine (C=N–C) groups is 1. The largest absolute Gasteiger partial charge is 0.343 e. The molecule has 0 aliphatic heterocycles. The number of rotatable bonds is 6. The monoisotopic (exact) mass is 400 g/mol. The van der Waals surface area contributed by atoms with Crippen LogP contribution in [0.2, 0.25) is 5.02 Å². The van der Waals surface area contributed by atoms with Crippen molar-refractivity contribution in [3.8, 4) is 11.3 Å². The van der Waals surface area contributed by atoms with E-state index in [0.717, 1.165) is 22.6 Å². The van der Waals surface area contributed by atoms with Crippen molar-refractivity contribution in [1.82, 2.24) is 9.78 Å². The van der Waals surface area contributed by atoms with Gasteiger partial charge in [0.25, 0.3) is 0 Å². The maximum absolute atomic E-state index is 6.61. The normalized spacial score (nSPS) is 10.7. The van der Waals surface area contributed by atoms with Crippen LogP contribution < -0.4 is 4.90 Å². The van der Waals surface area contributed by atoms with E-state index < -0.39 is 0 Å². The Morgan fingerprint density at radius 3 is 2.38 bits per heavy atom. The Bertz CT molecular complexity index is 1120. The molecule has 4 rings (SSSR count). The van der Waals surface area contributed by atoms with Gasteiger partial charge in [0.15, 0.2) is 0 Å². The van der Waals surface area contributed by atoms with E-state index in [-0.39, 0.29) is 0 Å². The molecule has 0 spiro atoms. The molecule has 5 heteroatoms. The molecule has 0 atom stereocenters. The van der Waals surface area contributed by atoms with Crippen molar-refractivity contribution in [2.24, 2.45) is 4.99 Å². The summed E-state index contributed by atoms with van der Waals surface area (Å²) >= 11 is 6.61. The quantitative estimate of drug-likeness (QED) is 0.353. The summed E-state index contributed by atoms with van der Waals surface area (Å²) in [5.41, 5.74) is 5.76. The zero-order valence-corrected chi connectivity index (χ0v) is 16.9. The number of hydrogen-bond acceptors (Lipinski definition) is 3. The lowest BCUT2D eigenvalue weighted by Crippen LogP contribution is -2.10. The van der Waals surface area contributed by atoms with E-state index in [0.29, 0.717) is 17.3 Å². The molecule has 0 aliphatic rings. The Hall–Kier alpha value is -3.37.